The number of hydrogen-bond acceptors (Lipinski definition) is 3. The molecule has 0 amide bonds. The van der Waals surface area contributed by atoms with Crippen LogP contribution in [0.15, 0.2) is 48.5 Å². The highest BCUT2D eigenvalue weighted by atomic mass is 16.5. The van der Waals surface area contributed by atoms with Gasteiger partial charge in [-0.15, -0.1) is 0 Å². The molecule has 0 fully saturated rings. The summed E-state index contributed by atoms with van der Waals surface area (Å²) >= 11 is 0. The number of nitrogens with zero attached hydrogens (tertiary/aromatic N) is 1. The lowest BCUT2D eigenvalue weighted by Crippen LogP contribution is -2.35. The SMILES string of the molecule is COc1cccc(CN2CC(C)NCc3ccccc32)c1. The second-order valence-corrected chi connectivity index (χ2v) is 5.64. The monoisotopic (exact) mass is 282 g/mol. The van der Waals surface area contributed by atoms with Crippen LogP contribution in [0.5, 0.6) is 5.75 Å². The molecule has 1 atom stereocenters. The summed E-state index contributed by atoms with van der Waals surface area (Å²) in [4.78, 5) is 2.45. The Hall–Kier alpha value is -2.00. The summed E-state index contributed by atoms with van der Waals surface area (Å²) in [5, 5.41) is 3.57. The Morgan fingerprint density at radius 1 is 1.19 bits per heavy atom. The smallest absolute Gasteiger partial charge is 0.119 e. The fourth-order valence-electron chi connectivity index (χ4n) is 2.89. The van der Waals surface area contributed by atoms with E-state index in [2.05, 4.69) is 59.6 Å². The number of ether oxygens (including phenoxy) is 1. The summed E-state index contributed by atoms with van der Waals surface area (Å²) in [6.45, 7) is 5.09. The zero-order valence-corrected chi connectivity index (χ0v) is 12.7. The number of nitrogens with one attached hydrogen (secondary N) is 1. The zero-order chi connectivity index (χ0) is 14.7. The van der Waals surface area contributed by atoms with Crippen LogP contribution in [0.4, 0.5) is 5.69 Å². The van der Waals surface area contributed by atoms with Crippen LogP contribution in [-0.4, -0.2) is 19.7 Å². The van der Waals surface area contributed by atoms with Crippen molar-refractivity contribution in [2.24, 2.45) is 0 Å². The van der Waals surface area contributed by atoms with Gasteiger partial charge >= 0.3 is 0 Å². The van der Waals surface area contributed by atoms with Crippen molar-refractivity contribution < 1.29 is 4.74 Å². The van der Waals surface area contributed by atoms with E-state index < -0.39 is 0 Å². The summed E-state index contributed by atoms with van der Waals surface area (Å²) in [7, 11) is 1.71. The van der Waals surface area contributed by atoms with E-state index in [1.54, 1.807) is 7.11 Å². The van der Waals surface area contributed by atoms with Crippen LogP contribution < -0.4 is 15.0 Å². The van der Waals surface area contributed by atoms with Crippen LogP contribution in [0.2, 0.25) is 0 Å². The zero-order valence-electron chi connectivity index (χ0n) is 12.7. The topological polar surface area (TPSA) is 24.5 Å². The summed E-state index contributed by atoms with van der Waals surface area (Å²) in [6, 6.07) is 17.5. The normalized spacial score (nSPS) is 18.0. The molecule has 0 radical (unpaired) electrons. The van der Waals surface area contributed by atoms with E-state index in [0.29, 0.717) is 6.04 Å². The first kappa shape index (κ1) is 14.0. The third kappa shape index (κ3) is 3.19. The number of para-hydroxylation sites is 1. The van der Waals surface area contributed by atoms with Gasteiger partial charge in [-0.3, -0.25) is 0 Å². The Morgan fingerprint density at radius 2 is 2.05 bits per heavy atom. The summed E-state index contributed by atoms with van der Waals surface area (Å²) in [5.41, 5.74) is 3.97. The van der Waals surface area contributed by atoms with Gasteiger partial charge in [-0.05, 0) is 36.2 Å². The lowest BCUT2D eigenvalue weighted by atomic mass is 10.1. The fraction of sp³-hybridized carbons (Fsp3) is 0.333. The Morgan fingerprint density at radius 3 is 2.90 bits per heavy atom. The Balaban J connectivity index is 1.89. The molecule has 0 aromatic heterocycles. The quantitative estimate of drug-likeness (QED) is 0.935. The predicted molar refractivity (Wildman–Crippen MR) is 86.8 cm³/mol. The second-order valence-electron chi connectivity index (χ2n) is 5.64. The van der Waals surface area contributed by atoms with Gasteiger partial charge < -0.3 is 15.0 Å². The average Bonchev–Trinajstić information content (AvgIpc) is 2.67. The van der Waals surface area contributed by atoms with Gasteiger partial charge in [-0.1, -0.05) is 30.3 Å². The molecule has 3 rings (SSSR count). The summed E-state index contributed by atoms with van der Waals surface area (Å²) in [5.74, 6) is 0.918. The number of anilines is 1. The van der Waals surface area contributed by atoms with Crippen molar-refractivity contribution in [1.29, 1.82) is 0 Å². The molecule has 1 aliphatic heterocycles. The molecule has 3 nitrogen and oxygen atoms in total. The van der Waals surface area contributed by atoms with Crippen molar-refractivity contribution in [2.45, 2.75) is 26.1 Å². The minimum atomic E-state index is 0.475. The number of methoxy groups -OCH3 is 1. The lowest BCUT2D eigenvalue weighted by Gasteiger charge is -2.26. The fourth-order valence-corrected chi connectivity index (χ4v) is 2.89. The van der Waals surface area contributed by atoms with Gasteiger partial charge in [0.25, 0.3) is 0 Å². The first-order valence-corrected chi connectivity index (χ1v) is 7.45. The van der Waals surface area contributed by atoms with Crippen LogP contribution in [0.25, 0.3) is 0 Å². The first-order chi connectivity index (χ1) is 10.3. The van der Waals surface area contributed by atoms with Crippen LogP contribution in [-0.2, 0) is 13.1 Å². The van der Waals surface area contributed by atoms with E-state index in [4.69, 9.17) is 4.74 Å². The molecule has 0 bridgehead atoms. The molecule has 3 heteroatoms. The largest absolute Gasteiger partial charge is 0.497 e. The average molecular weight is 282 g/mol. The molecule has 0 saturated heterocycles. The van der Waals surface area contributed by atoms with Crippen molar-refractivity contribution in [2.75, 3.05) is 18.6 Å². The Bertz CT molecular complexity index is 612. The maximum atomic E-state index is 5.33. The van der Waals surface area contributed by atoms with E-state index in [1.165, 1.54) is 16.8 Å². The number of fused-ring (bicyclic) bond motifs is 1. The minimum absolute atomic E-state index is 0.475. The highest BCUT2D eigenvalue weighted by molar-refractivity contribution is 5.55. The summed E-state index contributed by atoms with van der Waals surface area (Å²) < 4.78 is 5.33. The maximum Gasteiger partial charge on any atom is 0.119 e. The van der Waals surface area contributed by atoms with Gasteiger partial charge in [0.2, 0.25) is 0 Å². The standard InChI is InChI=1S/C18H22N2O/c1-14-12-20(13-15-6-5-8-17(10-15)21-2)18-9-4-3-7-16(18)11-19-14/h3-10,14,19H,11-13H2,1-2H3. The molecule has 0 spiro atoms. The van der Waals surface area contributed by atoms with E-state index in [-0.39, 0.29) is 0 Å². The van der Waals surface area contributed by atoms with Crippen molar-refractivity contribution in [3.8, 4) is 5.75 Å². The summed E-state index contributed by atoms with van der Waals surface area (Å²) in [6.07, 6.45) is 0. The van der Waals surface area contributed by atoms with Crippen molar-refractivity contribution in [1.82, 2.24) is 5.32 Å². The molecular formula is C18H22N2O. The second kappa shape index (κ2) is 6.19. The van der Waals surface area contributed by atoms with Crippen LogP contribution in [0.3, 0.4) is 0 Å². The van der Waals surface area contributed by atoms with E-state index in [9.17, 15) is 0 Å². The molecule has 1 N–H and O–H groups in total. The number of rotatable bonds is 3. The molecule has 0 aliphatic carbocycles. The highest BCUT2D eigenvalue weighted by Crippen LogP contribution is 2.25. The molecule has 110 valence electrons. The maximum absolute atomic E-state index is 5.33. The van der Waals surface area contributed by atoms with Gasteiger partial charge in [-0.25, -0.2) is 0 Å². The van der Waals surface area contributed by atoms with E-state index >= 15 is 0 Å². The van der Waals surface area contributed by atoms with E-state index in [0.717, 1.165) is 25.4 Å². The molecular weight excluding hydrogens is 260 g/mol. The van der Waals surface area contributed by atoms with Crippen LogP contribution in [0.1, 0.15) is 18.1 Å². The molecule has 2 aromatic carbocycles. The van der Waals surface area contributed by atoms with Crippen molar-refractivity contribution in [3.05, 3.63) is 59.7 Å². The first-order valence-electron chi connectivity index (χ1n) is 7.45. The Kier molecular flexibility index (Phi) is 4.11. The molecule has 2 aromatic rings. The van der Waals surface area contributed by atoms with Gasteiger partial charge in [0.15, 0.2) is 0 Å². The third-order valence-corrected chi connectivity index (χ3v) is 3.98. The molecule has 1 heterocycles. The molecule has 1 unspecified atom stereocenters. The van der Waals surface area contributed by atoms with E-state index in [1.807, 2.05) is 6.07 Å². The Labute approximate surface area is 126 Å². The molecule has 1 aliphatic rings. The molecule has 0 saturated carbocycles. The molecule has 21 heavy (non-hydrogen) atoms. The van der Waals surface area contributed by atoms with Gasteiger partial charge in [0, 0.05) is 31.4 Å². The van der Waals surface area contributed by atoms with Gasteiger partial charge in [0.1, 0.15) is 5.75 Å². The van der Waals surface area contributed by atoms with Gasteiger partial charge in [-0.2, -0.15) is 0 Å². The van der Waals surface area contributed by atoms with Crippen molar-refractivity contribution in [3.63, 3.8) is 0 Å². The van der Waals surface area contributed by atoms with Crippen molar-refractivity contribution >= 4 is 5.69 Å². The minimum Gasteiger partial charge on any atom is -0.497 e. The van der Waals surface area contributed by atoms with Crippen LogP contribution >= 0.6 is 0 Å². The number of hydrogen-bond donors (Lipinski definition) is 1. The lowest BCUT2D eigenvalue weighted by molar-refractivity contribution is 0.414. The third-order valence-electron chi connectivity index (χ3n) is 3.98. The predicted octanol–water partition coefficient (Wildman–Crippen LogP) is 3.19. The number of benzene rings is 2. The highest BCUT2D eigenvalue weighted by Gasteiger charge is 2.18. The van der Waals surface area contributed by atoms with Crippen LogP contribution in [0, 0.1) is 0 Å². The van der Waals surface area contributed by atoms with Gasteiger partial charge in [0.05, 0.1) is 7.11 Å².